The van der Waals surface area contributed by atoms with Gasteiger partial charge in [0, 0.05) is 25.7 Å². The Bertz CT molecular complexity index is 1900. The average molecular weight is 1440 g/mol. The van der Waals surface area contributed by atoms with Crippen molar-refractivity contribution < 1.29 is 80.2 Å². The second-order valence-corrected chi connectivity index (χ2v) is 32.8. The minimum Gasteiger partial charge on any atom is -0.462 e. The SMILES string of the molecule is CCCCCCCCCCCCCCCCCCCC(=O)O[C@H](COC(=O)CCCCCCCCCCCCCCC(C)C)COP(=O)(O)OC[C@@H](O)COP(=O)(O)OC[C@@H](COC(=O)CCCCCCCCCCC(C)C)OC(=O)CCCCCCCCCCCCCCC(C)C. The Hall–Kier alpha value is -1.94. The number of unbranched alkanes of at least 4 members (excludes halogenated alkanes) is 45. The summed E-state index contributed by atoms with van der Waals surface area (Å²) in [7, 11) is -9.92. The fourth-order valence-corrected chi connectivity index (χ4v) is 13.7. The van der Waals surface area contributed by atoms with Gasteiger partial charge in [0.2, 0.25) is 0 Å². The first kappa shape index (κ1) is 96.1. The molecule has 0 aromatic heterocycles. The highest BCUT2D eigenvalue weighted by molar-refractivity contribution is 7.47. The molecule has 0 rings (SSSR count). The lowest BCUT2D eigenvalue weighted by molar-refractivity contribution is -0.161. The highest BCUT2D eigenvalue weighted by Crippen LogP contribution is 2.45. The van der Waals surface area contributed by atoms with Crippen molar-refractivity contribution in [3.63, 3.8) is 0 Å². The number of hydrogen-bond acceptors (Lipinski definition) is 15. The molecule has 0 spiro atoms. The van der Waals surface area contributed by atoms with E-state index in [4.69, 9.17) is 37.0 Å². The van der Waals surface area contributed by atoms with Gasteiger partial charge in [-0.3, -0.25) is 37.3 Å². The van der Waals surface area contributed by atoms with Crippen LogP contribution in [-0.4, -0.2) is 96.7 Å². The van der Waals surface area contributed by atoms with Crippen LogP contribution in [0.4, 0.5) is 0 Å². The largest absolute Gasteiger partial charge is 0.472 e. The quantitative estimate of drug-likeness (QED) is 0.0222. The van der Waals surface area contributed by atoms with Gasteiger partial charge in [-0.05, 0) is 43.4 Å². The van der Waals surface area contributed by atoms with Crippen LogP contribution in [0.5, 0.6) is 0 Å². The summed E-state index contributed by atoms with van der Waals surface area (Å²) >= 11 is 0. The van der Waals surface area contributed by atoms with Crippen molar-refractivity contribution in [2.45, 2.75) is 426 Å². The average Bonchev–Trinajstić information content (AvgIpc) is 1.07. The van der Waals surface area contributed by atoms with Crippen molar-refractivity contribution in [1.29, 1.82) is 0 Å². The van der Waals surface area contributed by atoms with Gasteiger partial charge in [0.25, 0.3) is 0 Å². The van der Waals surface area contributed by atoms with Crippen LogP contribution in [0.15, 0.2) is 0 Å². The number of carbonyl (C=O) groups excluding carboxylic acids is 4. The molecule has 5 atom stereocenters. The number of rotatable bonds is 77. The minimum atomic E-state index is -4.96. The van der Waals surface area contributed by atoms with E-state index in [1.165, 1.54) is 218 Å². The molecule has 0 aromatic carbocycles. The first-order valence-corrected chi connectivity index (χ1v) is 43.8. The van der Waals surface area contributed by atoms with E-state index >= 15 is 0 Å². The fourth-order valence-electron chi connectivity index (χ4n) is 12.1. The van der Waals surface area contributed by atoms with Crippen molar-refractivity contribution in [3.05, 3.63) is 0 Å². The number of esters is 4. The lowest BCUT2D eigenvalue weighted by Crippen LogP contribution is -2.30. The van der Waals surface area contributed by atoms with Crippen LogP contribution in [0.1, 0.15) is 408 Å². The maximum absolute atomic E-state index is 13.1. The zero-order chi connectivity index (χ0) is 72.3. The zero-order valence-electron chi connectivity index (χ0n) is 64.3. The smallest absolute Gasteiger partial charge is 0.462 e. The maximum atomic E-state index is 13.1. The highest BCUT2D eigenvalue weighted by atomic mass is 31.2. The second kappa shape index (κ2) is 69.4. The summed E-state index contributed by atoms with van der Waals surface area (Å²) in [5, 5.41) is 10.6. The van der Waals surface area contributed by atoms with Crippen molar-refractivity contribution in [2.75, 3.05) is 39.6 Å². The molecule has 0 heterocycles. The van der Waals surface area contributed by atoms with Crippen LogP contribution in [0, 0.1) is 17.8 Å². The third-order valence-corrected chi connectivity index (χ3v) is 20.3. The third kappa shape index (κ3) is 72.4. The zero-order valence-corrected chi connectivity index (χ0v) is 66.0. The number of hydrogen-bond donors (Lipinski definition) is 3. The standard InChI is InChI=1S/C79H154O17P2/c1-8-9-10-11-12-13-14-15-16-17-18-19-27-32-41-48-55-62-78(83)95-74(66-89-76(81)60-53-46-39-31-26-22-20-24-29-36-43-50-57-70(2)3)68-93-97(85,86)91-64-73(80)65-92-98(87,88)94-69-75(67-90-77(82)61-54-47-40-35-34-38-45-52-59-72(6)7)96-79(84)63-56-49-42-33-28-23-21-25-30-37-44-51-58-71(4)5/h70-75,80H,8-69H2,1-7H3,(H,85,86)(H,87,88)/t73-,74-,75-/m1/s1. The summed E-state index contributed by atoms with van der Waals surface area (Å²) in [5.74, 6) is 0.172. The molecule has 17 nitrogen and oxygen atoms in total. The Kier molecular flexibility index (Phi) is 68.1. The van der Waals surface area contributed by atoms with Crippen LogP contribution in [0.2, 0.25) is 0 Å². The number of ether oxygens (including phenoxy) is 4. The molecule has 0 saturated heterocycles. The normalized spacial score (nSPS) is 14.0. The van der Waals surface area contributed by atoms with Gasteiger partial charge in [0.1, 0.15) is 19.3 Å². The monoisotopic (exact) mass is 1440 g/mol. The Morgan fingerprint density at radius 3 is 0.694 bits per heavy atom. The Morgan fingerprint density at radius 2 is 0.469 bits per heavy atom. The van der Waals surface area contributed by atoms with E-state index in [1.54, 1.807) is 0 Å². The number of phosphoric ester groups is 2. The number of aliphatic hydroxyl groups excluding tert-OH is 1. The topological polar surface area (TPSA) is 237 Å². The summed E-state index contributed by atoms with van der Waals surface area (Å²) in [6.07, 6.45) is 56.8. The molecule has 0 radical (unpaired) electrons. The Balaban J connectivity index is 5.26. The Labute approximate surface area is 600 Å². The van der Waals surface area contributed by atoms with Gasteiger partial charge in [0.05, 0.1) is 26.4 Å². The van der Waals surface area contributed by atoms with Gasteiger partial charge in [0.15, 0.2) is 12.2 Å². The first-order chi connectivity index (χ1) is 47.2. The van der Waals surface area contributed by atoms with Crippen molar-refractivity contribution >= 4 is 39.5 Å². The van der Waals surface area contributed by atoms with Gasteiger partial charge < -0.3 is 33.8 Å². The Morgan fingerprint density at radius 1 is 0.276 bits per heavy atom. The van der Waals surface area contributed by atoms with E-state index in [2.05, 4.69) is 48.5 Å². The molecule has 98 heavy (non-hydrogen) atoms. The van der Waals surface area contributed by atoms with Crippen LogP contribution in [0.25, 0.3) is 0 Å². The minimum absolute atomic E-state index is 0.106. The van der Waals surface area contributed by atoms with E-state index in [1.807, 2.05) is 0 Å². The van der Waals surface area contributed by atoms with E-state index < -0.39 is 97.5 Å². The van der Waals surface area contributed by atoms with E-state index in [9.17, 15) is 43.2 Å². The molecule has 19 heteroatoms. The fraction of sp³-hybridized carbons (Fsp3) is 0.949. The highest BCUT2D eigenvalue weighted by Gasteiger charge is 2.30. The lowest BCUT2D eigenvalue weighted by atomic mass is 10.0. The van der Waals surface area contributed by atoms with Crippen LogP contribution in [0.3, 0.4) is 0 Å². The molecule has 0 aromatic rings. The number of carbonyl (C=O) groups is 4. The summed E-state index contributed by atoms with van der Waals surface area (Å²) in [4.78, 5) is 73.0. The molecule has 0 bridgehead atoms. The molecule has 582 valence electrons. The number of phosphoric acid groups is 2. The van der Waals surface area contributed by atoms with Crippen LogP contribution < -0.4 is 0 Å². The van der Waals surface area contributed by atoms with Gasteiger partial charge in [-0.15, -0.1) is 0 Å². The first-order valence-electron chi connectivity index (χ1n) is 40.8. The predicted molar refractivity (Wildman–Crippen MR) is 400 cm³/mol. The van der Waals surface area contributed by atoms with Crippen molar-refractivity contribution in [3.8, 4) is 0 Å². The predicted octanol–water partition coefficient (Wildman–Crippen LogP) is 23.4. The van der Waals surface area contributed by atoms with Gasteiger partial charge in [-0.1, -0.05) is 357 Å². The molecule has 0 fully saturated rings. The molecule has 0 aliphatic heterocycles. The van der Waals surface area contributed by atoms with Crippen molar-refractivity contribution in [2.24, 2.45) is 17.8 Å². The van der Waals surface area contributed by atoms with Crippen molar-refractivity contribution in [1.82, 2.24) is 0 Å². The molecular formula is C79H154O17P2. The van der Waals surface area contributed by atoms with Crippen LogP contribution >= 0.6 is 15.6 Å². The molecule has 2 unspecified atom stereocenters. The third-order valence-electron chi connectivity index (χ3n) is 18.4. The van der Waals surface area contributed by atoms with Gasteiger partial charge in [-0.2, -0.15) is 0 Å². The molecule has 3 N–H and O–H groups in total. The van der Waals surface area contributed by atoms with Gasteiger partial charge >= 0.3 is 39.5 Å². The summed E-state index contributed by atoms with van der Waals surface area (Å²) < 4.78 is 68.7. The number of aliphatic hydroxyl groups is 1. The summed E-state index contributed by atoms with van der Waals surface area (Å²) in [5.41, 5.74) is 0. The molecule has 0 aliphatic carbocycles. The molecule has 0 aliphatic rings. The van der Waals surface area contributed by atoms with E-state index in [-0.39, 0.29) is 25.7 Å². The summed E-state index contributed by atoms with van der Waals surface area (Å²) in [6, 6.07) is 0. The molecule has 0 saturated carbocycles. The van der Waals surface area contributed by atoms with E-state index in [0.29, 0.717) is 25.7 Å². The maximum Gasteiger partial charge on any atom is 0.472 e. The molecular weight excluding hydrogens is 1280 g/mol. The van der Waals surface area contributed by atoms with E-state index in [0.717, 1.165) is 108 Å². The second-order valence-electron chi connectivity index (χ2n) is 29.9. The van der Waals surface area contributed by atoms with Gasteiger partial charge in [-0.25, -0.2) is 9.13 Å². The van der Waals surface area contributed by atoms with Crippen LogP contribution in [-0.2, 0) is 65.4 Å². The lowest BCUT2D eigenvalue weighted by Gasteiger charge is -2.21. The summed E-state index contributed by atoms with van der Waals surface area (Å²) in [6.45, 7) is 11.9. The molecule has 0 amide bonds.